The third-order valence-corrected chi connectivity index (χ3v) is 2.94. The minimum absolute atomic E-state index is 0.0798. The highest BCUT2D eigenvalue weighted by Gasteiger charge is 2.03. The SMILES string of the molecule is CCS(=O)(=O)NCCN=C(N)NC(C)C. The van der Waals surface area contributed by atoms with Gasteiger partial charge in [0.1, 0.15) is 0 Å². The van der Waals surface area contributed by atoms with Crippen molar-refractivity contribution in [3.05, 3.63) is 0 Å². The predicted octanol–water partition coefficient (Wildman–Crippen LogP) is -0.762. The minimum Gasteiger partial charge on any atom is -0.370 e. The van der Waals surface area contributed by atoms with E-state index in [1.54, 1.807) is 6.92 Å². The lowest BCUT2D eigenvalue weighted by molar-refractivity contribution is 0.583. The van der Waals surface area contributed by atoms with Crippen molar-refractivity contribution in [2.45, 2.75) is 26.8 Å². The van der Waals surface area contributed by atoms with Gasteiger partial charge in [-0.2, -0.15) is 0 Å². The second-order valence-electron chi connectivity index (χ2n) is 3.36. The van der Waals surface area contributed by atoms with E-state index in [4.69, 9.17) is 5.73 Å². The Kier molecular flexibility index (Phi) is 6.26. The highest BCUT2D eigenvalue weighted by atomic mass is 32.2. The summed E-state index contributed by atoms with van der Waals surface area (Å²) in [7, 11) is -3.12. The van der Waals surface area contributed by atoms with Gasteiger partial charge < -0.3 is 11.1 Å². The second-order valence-corrected chi connectivity index (χ2v) is 5.46. The molecule has 0 saturated heterocycles. The van der Waals surface area contributed by atoms with Crippen LogP contribution in [0.5, 0.6) is 0 Å². The number of sulfonamides is 1. The predicted molar refractivity (Wildman–Crippen MR) is 62.2 cm³/mol. The molecule has 0 heterocycles. The topological polar surface area (TPSA) is 96.6 Å². The molecule has 0 unspecified atom stereocenters. The van der Waals surface area contributed by atoms with E-state index in [9.17, 15) is 8.42 Å². The van der Waals surface area contributed by atoms with E-state index in [-0.39, 0.29) is 18.3 Å². The van der Waals surface area contributed by atoms with Gasteiger partial charge in [-0.05, 0) is 20.8 Å². The van der Waals surface area contributed by atoms with Crippen LogP contribution in [0.4, 0.5) is 0 Å². The van der Waals surface area contributed by atoms with Crippen molar-refractivity contribution < 1.29 is 8.42 Å². The standard InChI is InChI=1S/C8H20N4O2S/c1-4-15(13,14)11-6-5-10-8(9)12-7(2)3/h7,11H,4-6H2,1-3H3,(H3,9,10,12). The highest BCUT2D eigenvalue weighted by Crippen LogP contribution is 1.81. The van der Waals surface area contributed by atoms with Crippen LogP contribution in [0.25, 0.3) is 0 Å². The molecule has 0 fully saturated rings. The Morgan fingerprint density at radius 2 is 2.07 bits per heavy atom. The van der Waals surface area contributed by atoms with Gasteiger partial charge in [-0.3, -0.25) is 4.99 Å². The average Bonchev–Trinajstić information content (AvgIpc) is 2.11. The van der Waals surface area contributed by atoms with Crippen molar-refractivity contribution in [3.8, 4) is 0 Å². The summed E-state index contributed by atoms with van der Waals surface area (Å²) in [6, 6.07) is 0.223. The number of hydrogen-bond donors (Lipinski definition) is 3. The molecule has 0 aliphatic heterocycles. The smallest absolute Gasteiger partial charge is 0.211 e. The first-order chi connectivity index (χ1) is 6.87. The Hall–Kier alpha value is -0.820. The van der Waals surface area contributed by atoms with Crippen LogP contribution in [0, 0.1) is 0 Å². The molecule has 0 aromatic carbocycles. The Bertz CT molecular complexity index is 298. The molecular weight excluding hydrogens is 216 g/mol. The summed E-state index contributed by atoms with van der Waals surface area (Å²) >= 11 is 0. The Balaban J connectivity index is 3.79. The fourth-order valence-electron chi connectivity index (χ4n) is 0.821. The molecule has 90 valence electrons. The van der Waals surface area contributed by atoms with Gasteiger partial charge in [0, 0.05) is 12.6 Å². The Morgan fingerprint density at radius 1 is 1.47 bits per heavy atom. The molecule has 4 N–H and O–H groups in total. The van der Waals surface area contributed by atoms with Crippen LogP contribution in [0.1, 0.15) is 20.8 Å². The normalized spacial score (nSPS) is 13.2. The summed E-state index contributed by atoms with van der Waals surface area (Å²) in [5, 5.41) is 2.90. The quantitative estimate of drug-likeness (QED) is 0.321. The lowest BCUT2D eigenvalue weighted by Gasteiger charge is -2.08. The minimum atomic E-state index is -3.12. The van der Waals surface area contributed by atoms with Crippen molar-refractivity contribution >= 4 is 16.0 Å². The molecule has 0 aliphatic carbocycles. The fourth-order valence-corrected chi connectivity index (χ4v) is 1.43. The first-order valence-electron chi connectivity index (χ1n) is 4.91. The molecule has 0 saturated carbocycles. The van der Waals surface area contributed by atoms with E-state index in [0.29, 0.717) is 12.5 Å². The summed E-state index contributed by atoms with van der Waals surface area (Å²) < 4.78 is 24.4. The molecule has 0 amide bonds. The van der Waals surface area contributed by atoms with Crippen LogP contribution in [-0.2, 0) is 10.0 Å². The lowest BCUT2D eigenvalue weighted by Crippen LogP contribution is -2.37. The van der Waals surface area contributed by atoms with Gasteiger partial charge in [0.25, 0.3) is 0 Å². The summed E-state index contributed by atoms with van der Waals surface area (Å²) in [6.45, 7) is 6.09. The van der Waals surface area contributed by atoms with Gasteiger partial charge in [0.05, 0.1) is 12.3 Å². The number of nitrogens with one attached hydrogen (secondary N) is 2. The third kappa shape index (κ3) is 8.19. The van der Waals surface area contributed by atoms with Gasteiger partial charge in [-0.1, -0.05) is 0 Å². The lowest BCUT2D eigenvalue weighted by atomic mass is 10.4. The number of nitrogens with two attached hydrogens (primary N) is 1. The zero-order valence-electron chi connectivity index (χ0n) is 9.45. The van der Waals surface area contributed by atoms with E-state index < -0.39 is 10.0 Å². The third-order valence-electron chi connectivity index (χ3n) is 1.53. The Morgan fingerprint density at radius 3 is 2.53 bits per heavy atom. The second kappa shape index (κ2) is 6.62. The van der Waals surface area contributed by atoms with Crippen molar-refractivity contribution in [2.75, 3.05) is 18.8 Å². The number of nitrogens with zero attached hydrogens (tertiary/aromatic N) is 1. The number of aliphatic imine (C=N–C) groups is 1. The number of rotatable bonds is 6. The monoisotopic (exact) mass is 236 g/mol. The van der Waals surface area contributed by atoms with Crippen LogP contribution in [-0.4, -0.2) is 39.3 Å². The summed E-state index contributed by atoms with van der Waals surface area (Å²) in [5.41, 5.74) is 5.52. The molecule has 0 aromatic rings. The van der Waals surface area contributed by atoms with Gasteiger partial charge in [-0.25, -0.2) is 13.1 Å². The maximum atomic E-state index is 11.0. The van der Waals surface area contributed by atoms with Crippen molar-refractivity contribution in [1.82, 2.24) is 10.0 Å². The molecule has 0 aliphatic rings. The number of hydrogen-bond acceptors (Lipinski definition) is 3. The van der Waals surface area contributed by atoms with Crippen molar-refractivity contribution in [1.29, 1.82) is 0 Å². The molecule has 0 atom stereocenters. The van der Waals surface area contributed by atoms with Crippen LogP contribution in [0.3, 0.4) is 0 Å². The summed E-state index contributed by atoms with van der Waals surface area (Å²) in [4.78, 5) is 3.96. The van der Waals surface area contributed by atoms with E-state index in [1.807, 2.05) is 13.8 Å². The van der Waals surface area contributed by atoms with Gasteiger partial charge in [-0.15, -0.1) is 0 Å². The molecule has 0 bridgehead atoms. The van der Waals surface area contributed by atoms with E-state index in [0.717, 1.165) is 0 Å². The van der Waals surface area contributed by atoms with Crippen LogP contribution in [0.2, 0.25) is 0 Å². The summed E-state index contributed by atoms with van der Waals surface area (Å²) in [5.74, 6) is 0.414. The van der Waals surface area contributed by atoms with E-state index in [1.165, 1.54) is 0 Å². The zero-order chi connectivity index (χ0) is 11.9. The first kappa shape index (κ1) is 14.2. The summed E-state index contributed by atoms with van der Waals surface area (Å²) in [6.07, 6.45) is 0. The molecule has 0 rings (SSSR count). The van der Waals surface area contributed by atoms with Gasteiger partial charge in [0.15, 0.2) is 5.96 Å². The number of guanidine groups is 1. The van der Waals surface area contributed by atoms with Crippen molar-refractivity contribution in [2.24, 2.45) is 10.7 Å². The van der Waals surface area contributed by atoms with Crippen LogP contribution < -0.4 is 15.8 Å². The fraction of sp³-hybridized carbons (Fsp3) is 0.875. The molecule has 7 heteroatoms. The van der Waals surface area contributed by atoms with Gasteiger partial charge in [0.2, 0.25) is 10.0 Å². The van der Waals surface area contributed by atoms with Gasteiger partial charge >= 0.3 is 0 Å². The average molecular weight is 236 g/mol. The molecule has 0 aromatic heterocycles. The molecule has 0 radical (unpaired) electrons. The van der Waals surface area contributed by atoms with Crippen molar-refractivity contribution in [3.63, 3.8) is 0 Å². The maximum absolute atomic E-state index is 11.0. The maximum Gasteiger partial charge on any atom is 0.211 e. The van der Waals surface area contributed by atoms with E-state index in [2.05, 4.69) is 15.0 Å². The highest BCUT2D eigenvalue weighted by molar-refractivity contribution is 7.89. The largest absolute Gasteiger partial charge is 0.370 e. The molecular formula is C8H20N4O2S. The molecule has 15 heavy (non-hydrogen) atoms. The van der Waals surface area contributed by atoms with Crippen LogP contribution >= 0.6 is 0 Å². The molecule has 6 nitrogen and oxygen atoms in total. The van der Waals surface area contributed by atoms with E-state index >= 15 is 0 Å². The molecule has 0 spiro atoms. The first-order valence-corrected chi connectivity index (χ1v) is 6.56. The Labute approximate surface area is 91.4 Å². The zero-order valence-corrected chi connectivity index (χ0v) is 10.3. The van der Waals surface area contributed by atoms with Crippen LogP contribution in [0.15, 0.2) is 4.99 Å².